The summed E-state index contributed by atoms with van der Waals surface area (Å²) in [5.41, 5.74) is 7.03. The summed E-state index contributed by atoms with van der Waals surface area (Å²) in [6, 6.07) is 7.41. The number of anilines is 3. The number of hydrogen-bond donors (Lipinski definition) is 3. The van der Waals surface area contributed by atoms with Crippen molar-refractivity contribution in [2.45, 2.75) is 19.3 Å². The third kappa shape index (κ3) is 4.27. The number of aromatic nitrogens is 4. The minimum atomic E-state index is -0.628. The number of carbonyl (C=O) groups is 2. The summed E-state index contributed by atoms with van der Waals surface area (Å²) >= 11 is 0. The van der Waals surface area contributed by atoms with Crippen LogP contribution in [0.2, 0.25) is 0 Å². The van der Waals surface area contributed by atoms with Crippen LogP contribution in [0.5, 0.6) is 5.75 Å². The average molecular weight is 531 g/mol. The van der Waals surface area contributed by atoms with Gasteiger partial charge in [0.15, 0.2) is 0 Å². The Morgan fingerprint density at radius 1 is 1.15 bits per heavy atom. The van der Waals surface area contributed by atoms with E-state index >= 15 is 4.39 Å². The van der Waals surface area contributed by atoms with Crippen LogP contribution in [0.3, 0.4) is 0 Å². The second-order valence-electron chi connectivity index (χ2n) is 9.79. The van der Waals surface area contributed by atoms with Crippen molar-refractivity contribution >= 4 is 34.9 Å². The van der Waals surface area contributed by atoms with E-state index in [2.05, 4.69) is 25.5 Å². The van der Waals surface area contributed by atoms with Gasteiger partial charge in [0.2, 0.25) is 11.9 Å². The van der Waals surface area contributed by atoms with E-state index in [1.165, 1.54) is 25.4 Å². The molecule has 0 atom stereocenters. The highest BCUT2D eigenvalue weighted by Crippen LogP contribution is 2.40. The summed E-state index contributed by atoms with van der Waals surface area (Å²) in [4.78, 5) is 40.4. The van der Waals surface area contributed by atoms with Crippen molar-refractivity contribution in [2.24, 2.45) is 5.41 Å². The van der Waals surface area contributed by atoms with Crippen LogP contribution in [-0.4, -0.2) is 57.9 Å². The third-order valence-electron chi connectivity index (χ3n) is 7.63. The molecular weight excluding hydrogens is 503 g/mol. The SMILES string of the molecule is COc1ccnc(NC(=O)c2ccc(-c3nc(N4CCC5(CCNC5=O)CC4)n4ccnc(N)c34)c(F)c2)c1. The molecule has 2 fully saturated rings. The third-order valence-corrected chi connectivity index (χ3v) is 7.63. The summed E-state index contributed by atoms with van der Waals surface area (Å²) in [5, 5.41) is 5.60. The number of piperidine rings is 1. The Hall–Kier alpha value is -4.74. The van der Waals surface area contributed by atoms with Gasteiger partial charge in [-0.2, -0.15) is 0 Å². The molecule has 5 heterocycles. The van der Waals surface area contributed by atoms with Crippen molar-refractivity contribution in [1.82, 2.24) is 24.7 Å². The summed E-state index contributed by atoms with van der Waals surface area (Å²) in [7, 11) is 1.51. The number of nitrogen functional groups attached to an aromatic ring is 1. The maximum Gasteiger partial charge on any atom is 0.256 e. The smallest absolute Gasteiger partial charge is 0.256 e. The summed E-state index contributed by atoms with van der Waals surface area (Å²) in [6.07, 6.45) is 7.08. The Balaban J connectivity index is 1.30. The summed E-state index contributed by atoms with van der Waals surface area (Å²) in [6.45, 7) is 1.98. The standard InChI is InChI=1S/C27H27FN8O3/c1-39-17-4-8-30-20(15-17)33-24(37)16-2-3-18(19(28)14-16)21-22-23(29)31-10-13-36(22)26(34-21)35-11-6-27(7-12-35)5-9-32-25(27)38/h2-4,8,10,13-15H,5-7,9,11-12H2,1H3,(H2,29,31)(H,32,38)(H,30,33,37). The average Bonchev–Trinajstić information content (AvgIpc) is 3.50. The highest BCUT2D eigenvalue weighted by molar-refractivity contribution is 6.04. The first kappa shape index (κ1) is 24.6. The fraction of sp³-hybridized carbons (Fsp3) is 0.296. The van der Waals surface area contributed by atoms with E-state index in [1.54, 1.807) is 28.9 Å². The minimum absolute atomic E-state index is 0.117. The van der Waals surface area contributed by atoms with E-state index in [1.807, 2.05) is 0 Å². The van der Waals surface area contributed by atoms with Crippen molar-refractivity contribution in [3.05, 3.63) is 60.3 Å². The van der Waals surface area contributed by atoms with Crippen LogP contribution in [-0.2, 0) is 4.79 Å². The lowest BCUT2D eigenvalue weighted by atomic mass is 9.77. The molecule has 39 heavy (non-hydrogen) atoms. The predicted molar refractivity (Wildman–Crippen MR) is 143 cm³/mol. The molecule has 2 saturated heterocycles. The van der Waals surface area contributed by atoms with E-state index in [9.17, 15) is 9.59 Å². The van der Waals surface area contributed by atoms with Crippen LogP contribution >= 0.6 is 0 Å². The zero-order chi connectivity index (χ0) is 27.1. The number of pyridine rings is 1. The summed E-state index contributed by atoms with van der Waals surface area (Å²) in [5.74, 6) is 0.606. The van der Waals surface area contributed by atoms with Gasteiger partial charge in [-0.1, -0.05) is 0 Å². The Bertz CT molecular complexity index is 1600. The largest absolute Gasteiger partial charge is 0.497 e. The molecule has 6 rings (SSSR count). The van der Waals surface area contributed by atoms with Crippen molar-refractivity contribution < 1.29 is 18.7 Å². The maximum absolute atomic E-state index is 15.5. The number of methoxy groups -OCH3 is 1. The molecule has 12 heteroatoms. The molecule has 0 aliphatic carbocycles. The fourth-order valence-electron chi connectivity index (χ4n) is 5.43. The first-order valence-electron chi connectivity index (χ1n) is 12.7. The van der Waals surface area contributed by atoms with E-state index in [4.69, 9.17) is 15.5 Å². The zero-order valence-corrected chi connectivity index (χ0v) is 21.3. The molecule has 4 N–H and O–H groups in total. The van der Waals surface area contributed by atoms with Crippen LogP contribution in [0.25, 0.3) is 16.8 Å². The molecule has 1 spiro atoms. The first-order chi connectivity index (χ1) is 18.9. The lowest BCUT2D eigenvalue weighted by Gasteiger charge is -2.37. The number of halogens is 1. The number of amides is 2. The molecule has 2 aliphatic rings. The van der Waals surface area contributed by atoms with E-state index in [0.29, 0.717) is 55.4 Å². The van der Waals surface area contributed by atoms with Gasteiger partial charge in [0.05, 0.1) is 12.5 Å². The number of nitrogens with two attached hydrogens (primary N) is 1. The number of imidazole rings is 1. The Labute approximate surface area is 223 Å². The molecule has 1 aromatic carbocycles. The van der Waals surface area contributed by atoms with Gasteiger partial charge in [0, 0.05) is 55.4 Å². The highest BCUT2D eigenvalue weighted by atomic mass is 19.1. The maximum atomic E-state index is 15.5. The number of hydrogen-bond acceptors (Lipinski definition) is 8. The molecular formula is C27H27FN8O3. The Morgan fingerprint density at radius 3 is 2.69 bits per heavy atom. The molecule has 2 aliphatic heterocycles. The van der Waals surface area contributed by atoms with Crippen LogP contribution < -0.4 is 26.0 Å². The lowest BCUT2D eigenvalue weighted by Crippen LogP contribution is -2.44. The van der Waals surface area contributed by atoms with Gasteiger partial charge in [0.1, 0.15) is 34.4 Å². The topological polar surface area (TPSA) is 140 Å². The van der Waals surface area contributed by atoms with Gasteiger partial charge in [-0.05, 0) is 43.5 Å². The zero-order valence-electron chi connectivity index (χ0n) is 21.3. The van der Waals surface area contributed by atoms with Gasteiger partial charge in [-0.3, -0.25) is 14.0 Å². The molecule has 0 radical (unpaired) electrons. The van der Waals surface area contributed by atoms with Crippen LogP contribution in [0.15, 0.2) is 48.9 Å². The van der Waals surface area contributed by atoms with Gasteiger partial charge in [-0.15, -0.1) is 0 Å². The number of nitrogens with one attached hydrogen (secondary N) is 2. The monoisotopic (exact) mass is 530 g/mol. The van der Waals surface area contributed by atoms with Gasteiger partial charge in [0.25, 0.3) is 5.91 Å². The van der Waals surface area contributed by atoms with E-state index < -0.39 is 11.7 Å². The van der Waals surface area contributed by atoms with Crippen molar-refractivity contribution in [1.29, 1.82) is 0 Å². The molecule has 0 bridgehead atoms. The molecule has 11 nitrogen and oxygen atoms in total. The molecule has 200 valence electrons. The number of carbonyl (C=O) groups excluding carboxylic acids is 2. The molecule has 0 unspecified atom stereocenters. The molecule has 3 aromatic heterocycles. The van der Waals surface area contributed by atoms with Crippen LogP contribution in [0, 0.1) is 11.2 Å². The molecule has 4 aromatic rings. The van der Waals surface area contributed by atoms with Gasteiger partial charge >= 0.3 is 0 Å². The quantitative estimate of drug-likeness (QED) is 0.358. The highest BCUT2D eigenvalue weighted by Gasteiger charge is 2.45. The normalized spacial score (nSPS) is 16.5. The number of benzene rings is 1. The number of nitrogens with zero attached hydrogens (tertiary/aromatic N) is 5. The number of rotatable bonds is 5. The number of ether oxygens (including phenoxy) is 1. The Morgan fingerprint density at radius 2 is 1.97 bits per heavy atom. The summed E-state index contributed by atoms with van der Waals surface area (Å²) < 4.78 is 22.5. The second kappa shape index (κ2) is 9.53. The van der Waals surface area contributed by atoms with Gasteiger partial charge in [-0.25, -0.2) is 19.3 Å². The minimum Gasteiger partial charge on any atom is -0.497 e. The molecule has 2 amide bonds. The number of fused-ring (bicyclic) bond motifs is 1. The first-order valence-corrected chi connectivity index (χ1v) is 12.7. The van der Waals surface area contributed by atoms with Crippen molar-refractivity contribution in [2.75, 3.05) is 42.7 Å². The Kier molecular flexibility index (Phi) is 6.01. The predicted octanol–water partition coefficient (Wildman–Crippen LogP) is 2.88. The van der Waals surface area contributed by atoms with Crippen LogP contribution in [0.4, 0.5) is 22.0 Å². The van der Waals surface area contributed by atoms with E-state index in [-0.39, 0.29) is 34.1 Å². The van der Waals surface area contributed by atoms with E-state index in [0.717, 1.165) is 12.5 Å². The van der Waals surface area contributed by atoms with Crippen LogP contribution in [0.1, 0.15) is 29.6 Å². The lowest BCUT2D eigenvalue weighted by molar-refractivity contribution is -0.128. The van der Waals surface area contributed by atoms with Crippen molar-refractivity contribution in [3.8, 4) is 17.0 Å². The fourth-order valence-corrected chi connectivity index (χ4v) is 5.43. The molecule has 0 saturated carbocycles. The van der Waals surface area contributed by atoms with Gasteiger partial charge < -0.3 is 26.0 Å². The van der Waals surface area contributed by atoms with Crippen molar-refractivity contribution in [3.63, 3.8) is 0 Å². The second-order valence-corrected chi connectivity index (χ2v) is 9.79.